The van der Waals surface area contributed by atoms with Gasteiger partial charge in [0.05, 0.1) is 11.1 Å². The Morgan fingerprint density at radius 1 is 0.684 bits per heavy atom. The average Bonchev–Trinajstić information content (AvgIpc) is 2.35. The van der Waals surface area contributed by atoms with E-state index >= 15 is 0 Å². The van der Waals surface area contributed by atoms with Gasteiger partial charge in [-0.2, -0.15) is 0 Å². The minimum absolute atomic E-state index is 0. The van der Waals surface area contributed by atoms with Crippen molar-refractivity contribution in [3.05, 3.63) is 58.7 Å². The maximum absolute atomic E-state index is 12.2. The summed E-state index contributed by atoms with van der Waals surface area (Å²) in [5, 5.41) is 19.4. The van der Waals surface area contributed by atoms with E-state index in [0.29, 0.717) is 0 Å². The molecule has 2 aromatic rings. The van der Waals surface area contributed by atoms with E-state index in [9.17, 15) is 19.8 Å². The van der Waals surface area contributed by atoms with Crippen LogP contribution in [-0.2, 0) is 0 Å². The Morgan fingerprint density at radius 2 is 1.11 bits per heavy atom. The van der Waals surface area contributed by atoms with Crippen LogP contribution in [0.4, 0.5) is 0 Å². The molecule has 0 fully saturated rings. The van der Waals surface area contributed by atoms with Crippen molar-refractivity contribution in [3.63, 3.8) is 0 Å². The van der Waals surface area contributed by atoms with Gasteiger partial charge in [0.2, 0.25) is 5.78 Å². The third-order valence-electron chi connectivity index (χ3n) is 3.03. The molecule has 92 valence electrons. The van der Waals surface area contributed by atoms with Crippen LogP contribution in [0.25, 0.3) is 0 Å². The molecule has 0 bridgehead atoms. The molecular weight excluding hydrogens is 256 g/mol. The second-order valence-corrected chi connectivity index (χ2v) is 4.06. The predicted octanol–water partition coefficient (Wildman–Crippen LogP) is 0.957. The van der Waals surface area contributed by atoms with Gasteiger partial charge in [0.1, 0.15) is 11.5 Å². The SMILES string of the molecule is O=C1c2cccc(O)c2C(=O)c2c(O)cccc21.[MgH2]. The van der Waals surface area contributed by atoms with Gasteiger partial charge in [-0.25, -0.2) is 0 Å². The van der Waals surface area contributed by atoms with Crippen molar-refractivity contribution in [2.75, 3.05) is 0 Å². The zero-order chi connectivity index (χ0) is 12.9. The van der Waals surface area contributed by atoms with Crippen molar-refractivity contribution in [3.8, 4) is 11.5 Å². The van der Waals surface area contributed by atoms with Gasteiger partial charge >= 0.3 is 23.1 Å². The first-order chi connectivity index (χ1) is 8.61. The number of benzene rings is 2. The maximum atomic E-state index is 12.2. The number of phenols is 2. The molecule has 0 heterocycles. The smallest absolute Gasteiger partial charge is 0.316 e. The van der Waals surface area contributed by atoms with E-state index in [1.807, 2.05) is 0 Å². The molecule has 4 nitrogen and oxygen atoms in total. The second-order valence-electron chi connectivity index (χ2n) is 4.06. The Balaban J connectivity index is 0.00000133. The molecule has 0 aliphatic heterocycles. The van der Waals surface area contributed by atoms with Crippen molar-refractivity contribution in [2.24, 2.45) is 0 Å². The highest BCUT2D eigenvalue weighted by Gasteiger charge is 2.33. The van der Waals surface area contributed by atoms with Gasteiger partial charge in [-0.05, 0) is 12.1 Å². The highest BCUT2D eigenvalue weighted by Crippen LogP contribution is 2.35. The molecule has 2 N–H and O–H groups in total. The Morgan fingerprint density at radius 3 is 1.53 bits per heavy atom. The Hall–Kier alpha value is -1.85. The van der Waals surface area contributed by atoms with Gasteiger partial charge in [-0.1, -0.05) is 24.3 Å². The first-order valence-electron chi connectivity index (χ1n) is 5.34. The maximum Gasteiger partial charge on any atom is 0.316 e. The Labute approximate surface area is 124 Å². The summed E-state index contributed by atoms with van der Waals surface area (Å²) < 4.78 is 0. The fraction of sp³-hybridized carbons (Fsp3) is 0. The van der Waals surface area contributed by atoms with E-state index in [4.69, 9.17) is 0 Å². The molecule has 0 aromatic heterocycles. The standard InChI is InChI=1S/C14H8O4.Mg.2H/c15-9-5-1-3-7-11(9)14(18)12-8(13(7)17)4-2-6-10(12)16;;;/h1-6,15-16H;;;. The summed E-state index contributed by atoms with van der Waals surface area (Å²) in [6.07, 6.45) is 0. The molecule has 0 unspecified atom stereocenters. The van der Waals surface area contributed by atoms with Gasteiger partial charge in [0.25, 0.3) is 0 Å². The molecule has 2 aromatic carbocycles. The van der Waals surface area contributed by atoms with Crippen LogP contribution in [0, 0.1) is 0 Å². The molecule has 0 atom stereocenters. The number of hydrogen-bond acceptors (Lipinski definition) is 4. The van der Waals surface area contributed by atoms with E-state index < -0.39 is 5.78 Å². The fourth-order valence-electron chi connectivity index (χ4n) is 2.21. The summed E-state index contributed by atoms with van der Waals surface area (Å²) >= 11 is 0. The number of carbonyl (C=O) groups excluding carboxylic acids is 2. The molecule has 0 radical (unpaired) electrons. The van der Waals surface area contributed by atoms with E-state index in [0.717, 1.165) is 0 Å². The van der Waals surface area contributed by atoms with Crippen LogP contribution < -0.4 is 0 Å². The molecule has 0 saturated heterocycles. The lowest BCUT2D eigenvalue weighted by molar-refractivity contribution is 0.0974. The predicted molar refractivity (Wildman–Crippen MR) is 71.6 cm³/mol. The molecule has 5 heteroatoms. The van der Waals surface area contributed by atoms with Crippen LogP contribution in [0.5, 0.6) is 11.5 Å². The highest BCUT2D eigenvalue weighted by atomic mass is 24.3. The van der Waals surface area contributed by atoms with Gasteiger partial charge in [0, 0.05) is 11.1 Å². The van der Waals surface area contributed by atoms with E-state index in [2.05, 4.69) is 0 Å². The third kappa shape index (κ3) is 1.82. The summed E-state index contributed by atoms with van der Waals surface area (Å²) in [4.78, 5) is 24.4. The van der Waals surface area contributed by atoms with Crippen LogP contribution in [-0.4, -0.2) is 44.8 Å². The number of rotatable bonds is 0. The fourth-order valence-corrected chi connectivity index (χ4v) is 2.21. The van der Waals surface area contributed by atoms with Gasteiger partial charge in [-0.15, -0.1) is 0 Å². The van der Waals surface area contributed by atoms with E-state index in [-0.39, 0.29) is 62.6 Å². The first-order valence-corrected chi connectivity index (χ1v) is 5.34. The zero-order valence-electron chi connectivity index (χ0n) is 9.18. The summed E-state index contributed by atoms with van der Waals surface area (Å²) in [7, 11) is 0. The second kappa shape index (κ2) is 4.68. The van der Waals surface area contributed by atoms with Crippen molar-refractivity contribution >= 4 is 34.6 Å². The van der Waals surface area contributed by atoms with Crippen LogP contribution >= 0.6 is 0 Å². The quantitative estimate of drug-likeness (QED) is 0.594. The molecule has 0 spiro atoms. The molecule has 3 rings (SSSR count). The molecule has 19 heavy (non-hydrogen) atoms. The van der Waals surface area contributed by atoms with Gasteiger partial charge in [-0.3, -0.25) is 9.59 Å². The van der Waals surface area contributed by atoms with E-state index in [1.54, 1.807) is 0 Å². The largest absolute Gasteiger partial charge is 0.507 e. The monoisotopic (exact) mass is 266 g/mol. The number of phenolic OH excluding ortho intramolecular Hbond substituents is 2. The molecule has 0 amide bonds. The number of carbonyl (C=O) groups is 2. The minimum atomic E-state index is -0.532. The molecular formula is C14H10MgO4. The summed E-state index contributed by atoms with van der Waals surface area (Å²) in [5.41, 5.74) is 0.240. The number of hydrogen-bond donors (Lipinski definition) is 2. The van der Waals surface area contributed by atoms with E-state index in [1.165, 1.54) is 36.4 Å². The lowest BCUT2D eigenvalue weighted by Crippen LogP contribution is -2.20. The third-order valence-corrected chi connectivity index (χ3v) is 3.03. The van der Waals surface area contributed by atoms with Crippen LogP contribution in [0.2, 0.25) is 0 Å². The Bertz CT molecular complexity index is 649. The lowest BCUT2D eigenvalue weighted by Gasteiger charge is -2.18. The van der Waals surface area contributed by atoms with Crippen molar-refractivity contribution in [2.45, 2.75) is 0 Å². The highest BCUT2D eigenvalue weighted by molar-refractivity contribution is 6.30. The molecule has 1 aliphatic carbocycles. The topological polar surface area (TPSA) is 74.6 Å². The zero-order valence-corrected chi connectivity index (χ0v) is 9.18. The van der Waals surface area contributed by atoms with Crippen molar-refractivity contribution in [1.29, 1.82) is 0 Å². The molecule has 0 saturated carbocycles. The lowest BCUT2D eigenvalue weighted by atomic mass is 9.83. The number of fused-ring (bicyclic) bond motifs is 2. The number of aromatic hydroxyl groups is 2. The van der Waals surface area contributed by atoms with Crippen LogP contribution in [0.1, 0.15) is 31.8 Å². The summed E-state index contributed by atoms with van der Waals surface area (Å²) in [6.45, 7) is 0. The average molecular weight is 267 g/mol. The van der Waals surface area contributed by atoms with Gasteiger partial charge in [0.15, 0.2) is 5.78 Å². The Kier molecular flexibility index (Phi) is 3.34. The normalized spacial score (nSPS) is 12.4. The summed E-state index contributed by atoms with van der Waals surface area (Å²) in [6, 6.07) is 8.68. The first kappa shape index (κ1) is 13.6. The molecule has 1 aliphatic rings. The van der Waals surface area contributed by atoms with Crippen LogP contribution in [0.15, 0.2) is 36.4 Å². The van der Waals surface area contributed by atoms with Crippen LogP contribution in [0.3, 0.4) is 0 Å². The van der Waals surface area contributed by atoms with Crippen molar-refractivity contribution < 1.29 is 19.8 Å². The number of ketones is 2. The summed E-state index contributed by atoms with van der Waals surface area (Å²) in [5.74, 6) is -1.40. The minimum Gasteiger partial charge on any atom is -0.507 e. The van der Waals surface area contributed by atoms with Gasteiger partial charge < -0.3 is 10.2 Å². The van der Waals surface area contributed by atoms with Crippen molar-refractivity contribution in [1.82, 2.24) is 0 Å².